The predicted octanol–water partition coefficient (Wildman–Crippen LogP) is 2.87. The molecule has 7 nitrogen and oxygen atoms in total. The van der Waals surface area contributed by atoms with E-state index in [1.807, 2.05) is 0 Å². The number of thioether (sulfide) groups is 1. The number of nitrogens with zero attached hydrogens (tertiary/aromatic N) is 2. The van der Waals surface area contributed by atoms with E-state index in [4.69, 9.17) is 16.3 Å². The number of benzene rings is 1. The number of nitrogens with one attached hydrogen (secondary N) is 1. The zero-order valence-corrected chi connectivity index (χ0v) is 16.3. The molecule has 0 radical (unpaired) electrons. The third-order valence-corrected chi connectivity index (χ3v) is 4.72. The Balaban J connectivity index is 1.80. The van der Waals surface area contributed by atoms with E-state index < -0.39 is 5.97 Å². The van der Waals surface area contributed by atoms with Crippen LogP contribution < -0.4 is 4.74 Å². The number of imidazole rings is 1. The highest BCUT2D eigenvalue weighted by molar-refractivity contribution is 8.00. The van der Waals surface area contributed by atoms with Crippen LogP contribution in [0.25, 0.3) is 0 Å². The number of H-pyrrole nitrogens is 1. The lowest BCUT2D eigenvalue weighted by Crippen LogP contribution is -2.36. The Labute approximate surface area is 161 Å². The van der Waals surface area contributed by atoms with Gasteiger partial charge in [-0.25, -0.2) is 9.78 Å². The zero-order valence-electron chi connectivity index (χ0n) is 14.7. The van der Waals surface area contributed by atoms with Crippen molar-refractivity contribution < 1.29 is 19.1 Å². The van der Waals surface area contributed by atoms with Gasteiger partial charge < -0.3 is 19.4 Å². The molecule has 26 heavy (non-hydrogen) atoms. The molecular weight excluding hydrogens is 378 g/mol. The van der Waals surface area contributed by atoms with Crippen LogP contribution in [0.15, 0.2) is 35.6 Å². The molecule has 0 saturated heterocycles. The summed E-state index contributed by atoms with van der Waals surface area (Å²) in [7, 11) is 3.01. The van der Waals surface area contributed by atoms with E-state index in [2.05, 4.69) is 14.7 Å². The van der Waals surface area contributed by atoms with Crippen LogP contribution >= 0.6 is 23.4 Å². The number of hydrogen-bond acceptors (Lipinski definition) is 6. The second-order valence-electron chi connectivity index (χ2n) is 5.42. The summed E-state index contributed by atoms with van der Waals surface area (Å²) in [5, 5.41) is 0.757. The normalized spacial score (nSPS) is 11.7. The topological polar surface area (TPSA) is 84.5 Å². The minimum atomic E-state index is -0.500. The van der Waals surface area contributed by atoms with Crippen LogP contribution in [-0.4, -0.2) is 59.3 Å². The maximum atomic E-state index is 12.4. The molecule has 1 aromatic carbocycles. The number of aromatic nitrogens is 2. The van der Waals surface area contributed by atoms with Gasteiger partial charge >= 0.3 is 5.97 Å². The van der Waals surface area contributed by atoms with Gasteiger partial charge in [0, 0.05) is 12.1 Å². The molecule has 0 bridgehead atoms. The number of likely N-dealkylation sites (N-methyl/N-ethyl adjacent to an activating group) is 1. The van der Waals surface area contributed by atoms with Crippen LogP contribution in [0.4, 0.5) is 0 Å². The van der Waals surface area contributed by atoms with Gasteiger partial charge in [0.15, 0.2) is 5.16 Å². The molecule has 0 fully saturated rings. The average molecular weight is 398 g/mol. The van der Waals surface area contributed by atoms with Gasteiger partial charge in [0.1, 0.15) is 18.1 Å². The van der Waals surface area contributed by atoms with Crippen molar-refractivity contribution in [3.63, 3.8) is 0 Å². The van der Waals surface area contributed by atoms with E-state index in [9.17, 15) is 9.59 Å². The van der Waals surface area contributed by atoms with E-state index in [0.717, 1.165) is 0 Å². The van der Waals surface area contributed by atoms with Crippen molar-refractivity contribution in [1.29, 1.82) is 0 Å². The van der Waals surface area contributed by atoms with Crippen LogP contribution in [0.2, 0.25) is 5.02 Å². The number of carbonyl (C=O) groups excluding carboxylic acids is 2. The quantitative estimate of drug-likeness (QED) is 0.544. The number of hydrogen-bond donors (Lipinski definition) is 1. The van der Waals surface area contributed by atoms with Gasteiger partial charge in [-0.3, -0.25) is 4.79 Å². The first-order chi connectivity index (χ1) is 12.4. The lowest BCUT2D eigenvalue weighted by atomic mass is 10.3. The van der Waals surface area contributed by atoms with Crippen molar-refractivity contribution in [2.24, 2.45) is 0 Å². The fourth-order valence-corrected chi connectivity index (χ4v) is 3.07. The highest BCUT2D eigenvalue weighted by Gasteiger charge is 2.20. The molecule has 0 unspecified atom stereocenters. The first-order valence-electron chi connectivity index (χ1n) is 7.84. The lowest BCUT2D eigenvalue weighted by Gasteiger charge is -2.20. The number of amides is 1. The third-order valence-electron chi connectivity index (χ3n) is 3.48. The Morgan fingerprint density at radius 3 is 2.69 bits per heavy atom. The Bertz CT molecular complexity index is 751. The minimum Gasteiger partial charge on any atom is -0.492 e. The van der Waals surface area contributed by atoms with Crippen molar-refractivity contribution in [3.8, 4) is 5.75 Å². The van der Waals surface area contributed by atoms with E-state index in [-0.39, 0.29) is 16.9 Å². The van der Waals surface area contributed by atoms with Gasteiger partial charge in [0.05, 0.1) is 25.1 Å². The summed E-state index contributed by atoms with van der Waals surface area (Å²) in [6.45, 7) is 2.59. The van der Waals surface area contributed by atoms with E-state index in [1.54, 1.807) is 43.1 Å². The van der Waals surface area contributed by atoms with Crippen molar-refractivity contribution in [2.75, 3.05) is 27.3 Å². The van der Waals surface area contributed by atoms with Gasteiger partial charge in [-0.2, -0.15) is 0 Å². The van der Waals surface area contributed by atoms with Gasteiger partial charge in [-0.05, 0) is 31.2 Å². The summed E-state index contributed by atoms with van der Waals surface area (Å²) >= 11 is 7.06. The molecule has 0 aliphatic rings. The standard InChI is InChI=1S/C17H20ClN3O4S/c1-11(26-17-19-10-14(20-17)16(23)24-3)15(22)21(2)8-9-25-13-6-4-12(18)5-7-13/h4-7,10-11H,8-9H2,1-3H3,(H,19,20)/t11-/m1/s1. The van der Waals surface area contributed by atoms with Gasteiger partial charge in [-0.1, -0.05) is 23.4 Å². The number of halogens is 1. The second kappa shape index (κ2) is 9.49. The summed E-state index contributed by atoms with van der Waals surface area (Å²) < 4.78 is 10.2. The number of carbonyl (C=O) groups is 2. The van der Waals surface area contributed by atoms with E-state index in [0.29, 0.717) is 29.1 Å². The highest BCUT2D eigenvalue weighted by atomic mass is 35.5. The zero-order chi connectivity index (χ0) is 19.1. The van der Waals surface area contributed by atoms with Crippen molar-refractivity contribution >= 4 is 35.2 Å². The molecule has 1 heterocycles. The summed E-state index contributed by atoms with van der Waals surface area (Å²) in [5.74, 6) is 0.133. The lowest BCUT2D eigenvalue weighted by molar-refractivity contribution is -0.129. The molecule has 1 amide bonds. The molecule has 0 aliphatic carbocycles. The number of esters is 1. The number of rotatable bonds is 8. The van der Waals surface area contributed by atoms with Crippen LogP contribution in [0.3, 0.4) is 0 Å². The Morgan fingerprint density at radius 2 is 2.04 bits per heavy atom. The van der Waals surface area contributed by atoms with E-state index in [1.165, 1.54) is 25.1 Å². The highest BCUT2D eigenvalue weighted by Crippen LogP contribution is 2.21. The molecule has 1 aromatic heterocycles. The largest absolute Gasteiger partial charge is 0.492 e. The fourth-order valence-electron chi connectivity index (χ4n) is 2.05. The molecule has 2 aromatic rings. The number of methoxy groups -OCH3 is 1. The van der Waals surface area contributed by atoms with Crippen molar-refractivity contribution in [2.45, 2.75) is 17.3 Å². The number of aromatic amines is 1. The molecule has 0 spiro atoms. The molecule has 1 N–H and O–H groups in total. The Morgan fingerprint density at radius 1 is 1.35 bits per heavy atom. The van der Waals surface area contributed by atoms with Gasteiger partial charge in [-0.15, -0.1) is 0 Å². The first-order valence-corrected chi connectivity index (χ1v) is 9.09. The van der Waals surface area contributed by atoms with Gasteiger partial charge in [0.2, 0.25) is 5.91 Å². The summed E-state index contributed by atoms with van der Waals surface area (Å²) in [6.07, 6.45) is 1.38. The van der Waals surface area contributed by atoms with Crippen LogP contribution in [0.5, 0.6) is 5.75 Å². The molecule has 0 aliphatic heterocycles. The molecule has 1 atom stereocenters. The summed E-state index contributed by atoms with van der Waals surface area (Å²) in [4.78, 5) is 32.3. The smallest absolute Gasteiger partial charge is 0.356 e. The summed E-state index contributed by atoms with van der Waals surface area (Å²) in [5.41, 5.74) is 0.249. The summed E-state index contributed by atoms with van der Waals surface area (Å²) in [6, 6.07) is 7.05. The van der Waals surface area contributed by atoms with Crippen LogP contribution in [-0.2, 0) is 9.53 Å². The predicted molar refractivity (Wildman–Crippen MR) is 99.8 cm³/mol. The van der Waals surface area contributed by atoms with Crippen molar-refractivity contribution in [1.82, 2.24) is 14.9 Å². The first kappa shape index (κ1) is 20.1. The molecule has 2 rings (SSSR count). The fraction of sp³-hybridized carbons (Fsp3) is 0.353. The molecule has 0 saturated carbocycles. The number of ether oxygens (including phenoxy) is 2. The van der Waals surface area contributed by atoms with Gasteiger partial charge in [0.25, 0.3) is 0 Å². The van der Waals surface area contributed by atoms with Crippen LogP contribution in [0.1, 0.15) is 17.4 Å². The molecule has 140 valence electrons. The Hall–Kier alpha value is -2.19. The van der Waals surface area contributed by atoms with E-state index >= 15 is 0 Å². The SMILES string of the molecule is COC(=O)c1cnc(S[C@H](C)C(=O)N(C)CCOc2ccc(Cl)cc2)[nH]1. The monoisotopic (exact) mass is 397 g/mol. The van der Waals surface area contributed by atoms with Crippen LogP contribution in [0, 0.1) is 0 Å². The minimum absolute atomic E-state index is 0.0641. The maximum Gasteiger partial charge on any atom is 0.356 e. The molecular formula is C17H20ClN3O4S. The maximum absolute atomic E-state index is 12.4. The molecule has 9 heteroatoms. The average Bonchev–Trinajstić information content (AvgIpc) is 3.10. The second-order valence-corrected chi connectivity index (χ2v) is 7.18. The third kappa shape index (κ3) is 5.67. The van der Waals surface area contributed by atoms with Crippen molar-refractivity contribution in [3.05, 3.63) is 41.2 Å². The Kier molecular flexibility index (Phi) is 7.35.